The van der Waals surface area contributed by atoms with Gasteiger partial charge < -0.3 is 5.73 Å². The molecular formula is C11H14BrN5. The predicted octanol–water partition coefficient (Wildman–Crippen LogP) is 2.24. The van der Waals surface area contributed by atoms with E-state index in [1.54, 1.807) is 17.1 Å². The Labute approximate surface area is 108 Å². The number of anilines is 1. The molecule has 0 aliphatic carbocycles. The van der Waals surface area contributed by atoms with Crippen LogP contribution in [0.25, 0.3) is 0 Å². The molecule has 17 heavy (non-hydrogen) atoms. The number of hydrogen-bond donors (Lipinski definition) is 1. The second-order valence-electron chi connectivity index (χ2n) is 3.93. The number of nitrogen functional groups attached to an aromatic ring is 1. The summed E-state index contributed by atoms with van der Waals surface area (Å²) in [5.41, 5.74) is 8.64. The molecule has 0 fully saturated rings. The van der Waals surface area contributed by atoms with Crippen molar-refractivity contribution in [2.45, 2.75) is 26.8 Å². The highest BCUT2D eigenvalue weighted by atomic mass is 79.9. The molecule has 2 N–H and O–H groups in total. The molecule has 0 saturated heterocycles. The lowest BCUT2D eigenvalue weighted by Crippen LogP contribution is -2.14. The standard InChI is InChI=1S/C11H14BrN5/c1-6-9(12)11(13)17(16-6)8(3)10-7(2)14-4-5-15-10/h4-5,8H,13H2,1-3H3. The van der Waals surface area contributed by atoms with Crippen LogP contribution in [0.1, 0.15) is 30.0 Å². The van der Waals surface area contributed by atoms with E-state index in [1.807, 2.05) is 20.8 Å². The number of halogens is 1. The highest BCUT2D eigenvalue weighted by molar-refractivity contribution is 9.10. The molecule has 0 radical (unpaired) electrons. The third-order valence-electron chi connectivity index (χ3n) is 2.73. The Bertz CT molecular complexity index is 549. The van der Waals surface area contributed by atoms with Gasteiger partial charge in [-0.25, -0.2) is 4.68 Å². The molecule has 90 valence electrons. The summed E-state index contributed by atoms with van der Waals surface area (Å²) in [4.78, 5) is 8.57. The predicted molar refractivity (Wildman–Crippen MR) is 69.7 cm³/mol. The maximum atomic E-state index is 6.00. The van der Waals surface area contributed by atoms with E-state index < -0.39 is 0 Å². The Hall–Kier alpha value is -1.43. The maximum absolute atomic E-state index is 6.00. The summed E-state index contributed by atoms with van der Waals surface area (Å²) in [6.07, 6.45) is 3.36. The van der Waals surface area contributed by atoms with Crippen molar-refractivity contribution in [2.24, 2.45) is 0 Å². The summed E-state index contributed by atoms with van der Waals surface area (Å²) in [6.45, 7) is 5.85. The van der Waals surface area contributed by atoms with E-state index in [4.69, 9.17) is 5.73 Å². The van der Waals surface area contributed by atoms with E-state index in [1.165, 1.54) is 0 Å². The van der Waals surface area contributed by atoms with Gasteiger partial charge in [-0.15, -0.1) is 0 Å². The first kappa shape index (κ1) is 12.0. The highest BCUT2D eigenvalue weighted by Gasteiger charge is 2.18. The van der Waals surface area contributed by atoms with E-state index >= 15 is 0 Å². The summed E-state index contributed by atoms with van der Waals surface area (Å²) >= 11 is 3.41. The van der Waals surface area contributed by atoms with Gasteiger partial charge in [-0.1, -0.05) is 0 Å². The van der Waals surface area contributed by atoms with Crippen molar-refractivity contribution in [1.82, 2.24) is 19.7 Å². The number of rotatable bonds is 2. The molecule has 5 nitrogen and oxygen atoms in total. The van der Waals surface area contributed by atoms with Crippen LogP contribution in [0.15, 0.2) is 16.9 Å². The zero-order valence-corrected chi connectivity index (χ0v) is 11.6. The second kappa shape index (κ2) is 4.44. The fraction of sp³-hybridized carbons (Fsp3) is 0.364. The largest absolute Gasteiger partial charge is 0.383 e. The van der Waals surface area contributed by atoms with Crippen LogP contribution in [0.2, 0.25) is 0 Å². The third-order valence-corrected chi connectivity index (χ3v) is 3.71. The molecule has 0 aliphatic heterocycles. The van der Waals surface area contributed by atoms with Gasteiger partial charge in [0.25, 0.3) is 0 Å². The topological polar surface area (TPSA) is 69.6 Å². The Morgan fingerprint density at radius 3 is 2.41 bits per heavy atom. The van der Waals surface area contributed by atoms with Gasteiger partial charge >= 0.3 is 0 Å². The third kappa shape index (κ3) is 2.04. The molecular weight excluding hydrogens is 282 g/mol. The zero-order valence-electron chi connectivity index (χ0n) is 9.98. The van der Waals surface area contributed by atoms with Gasteiger partial charge in [-0.3, -0.25) is 9.97 Å². The van der Waals surface area contributed by atoms with Gasteiger partial charge in [0, 0.05) is 12.4 Å². The summed E-state index contributed by atoms with van der Waals surface area (Å²) in [7, 11) is 0. The molecule has 0 spiro atoms. The molecule has 0 amide bonds. The Morgan fingerprint density at radius 1 is 1.24 bits per heavy atom. The van der Waals surface area contributed by atoms with Crippen molar-refractivity contribution in [3.8, 4) is 0 Å². The van der Waals surface area contributed by atoms with Crippen LogP contribution in [0.3, 0.4) is 0 Å². The molecule has 2 aromatic heterocycles. The van der Waals surface area contributed by atoms with E-state index in [-0.39, 0.29) is 6.04 Å². The molecule has 0 saturated carbocycles. The minimum Gasteiger partial charge on any atom is -0.383 e. The molecule has 2 aromatic rings. The number of nitrogens with two attached hydrogens (primary N) is 1. The fourth-order valence-corrected chi connectivity index (χ4v) is 2.05. The molecule has 6 heteroatoms. The molecule has 0 aromatic carbocycles. The van der Waals surface area contributed by atoms with Crippen molar-refractivity contribution < 1.29 is 0 Å². The van der Waals surface area contributed by atoms with Gasteiger partial charge in [0.2, 0.25) is 0 Å². The van der Waals surface area contributed by atoms with Crippen molar-refractivity contribution in [3.05, 3.63) is 33.9 Å². The van der Waals surface area contributed by atoms with Gasteiger partial charge in [0.05, 0.1) is 27.6 Å². The first-order chi connectivity index (χ1) is 8.02. The van der Waals surface area contributed by atoms with Crippen molar-refractivity contribution in [1.29, 1.82) is 0 Å². The van der Waals surface area contributed by atoms with Crippen LogP contribution in [0, 0.1) is 13.8 Å². The second-order valence-corrected chi connectivity index (χ2v) is 4.73. The normalized spacial score (nSPS) is 12.7. The first-order valence-electron chi connectivity index (χ1n) is 5.30. The summed E-state index contributed by atoms with van der Waals surface area (Å²) in [6, 6.07) is -0.0336. The Morgan fingerprint density at radius 2 is 1.88 bits per heavy atom. The van der Waals surface area contributed by atoms with Crippen LogP contribution in [-0.2, 0) is 0 Å². The molecule has 1 atom stereocenters. The monoisotopic (exact) mass is 295 g/mol. The van der Waals surface area contributed by atoms with E-state index in [0.717, 1.165) is 21.6 Å². The molecule has 2 rings (SSSR count). The lowest BCUT2D eigenvalue weighted by Gasteiger charge is -2.14. The van der Waals surface area contributed by atoms with Crippen molar-refractivity contribution in [3.63, 3.8) is 0 Å². The molecule has 0 bridgehead atoms. The minimum atomic E-state index is -0.0336. The summed E-state index contributed by atoms with van der Waals surface area (Å²) < 4.78 is 2.60. The molecule has 0 aliphatic rings. The average molecular weight is 296 g/mol. The number of nitrogens with zero attached hydrogens (tertiary/aromatic N) is 4. The average Bonchev–Trinajstić information content (AvgIpc) is 2.57. The Balaban J connectivity index is 2.48. The maximum Gasteiger partial charge on any atom is 0.137 e. The van der Waals surface area contributed by atoms with Gasteiger partial charge in [-0.2, -0.15) is 5.10 Å². The first-order valence-corrected chi connectivity index (χ1v) is 6.09. The quantitative estimate of drug-likeness (QED) is 0.922. The molecule has 1 unspecified atom stereocenters. The van der Waals surface area contributed by atoms with Crippen molar-refractivity contribution >= 4 is 21.7 Å². The SMILES string of the molecule is Cc1nccnc1C(C)n1nc(C)c(Br)c1N. The minimum absolute atomic E-state index is 0.0336. The summed E-state index contributed by atoms with van der Waals surface area (Å²) in [5, 5.41) is 4.40. The van der Waals surface area contributed by atoms with Gasteiger partial charge in [0.1, 0.15) is 5.82 Å². The van der Waals surface area contributed by atoms with E-state index in [9.17, 15) is 0 Å². The fourth-order valence-electron chi connectivity index (χ4n) is 1.78. The number of aryl methyl sites for hydroxylation is 2. The highest BCUT2D eigenvalue weighted by Crippen LogP contribution is 2.28. The lowest BCUT2D eigenvalue weighted by molar-refractivity contribution is 0.550. The van der Waals surface area contributed by atoms with Crippen LogP contribution in [0.4, 0.5) is 5.82 Å². The van der Waals surface area contributed by atoms with E-state index in [2.05, 4.69) is 31.0 Å². The zero-order chi connectivity index (χ0) is 12.6. The Kier molecular flexibility index (Phi) is 3.15. The van der Waals surface area contributed by atoms with Crippen LogP contribution >= 0.6 is 15.9 Å². The lowest BCUT2D eigenvalue weighted by atomic mass is 10.2. The molecule has 2 heterocycles. The van der Waals surface area contributed by atoms with Crippen molar-refractivity contribution in [2.75, 3.05) is 5.73 Å². The number of aromatic nitrogens is 4. The van der Waals surface area contributed by atoms with Gasteiger partial charge in [-0.05, 0) is 36.7 Å². The smallest absolute Gasteiger partial charge is 0.137 e. The van der Waals surface area contributed by atoms with Crippen LogP contribution in [-0.4, -0.2) is 19.7 Å². The van der Waals surface area contributed by atoms with Crippen LogP contribution in [0.5, 0.6) is 0 Å². The van der Waals surface area contributed by atoms with E-state index in [0.29, 0.717) is 5.82 Å². The number of hydrogen-bond acceptors (Lipinski definition) is 4. The van der Waals surface area contributed by atoms with Crippen LogP contribution < -0.4 is 5.73 Å². The van der Waals surface area contributed by atoms with Gasteiger partial charge in [0.15, 0.2) is 0 Å². The summed E-state index contributed by atoms with van der Waals surface area (Å²) in [5.74, 6) is 0.611.